The number of nitrogens with one attached hydrogen (secondary N) is 1. The van der Waals surface area contributed by atoms with Crippen molar-refractivity contribution < 1.29 is 4.74 Å². The van der Waals surface area contributed by atoms with E-state index in [1.54, 1.807) is 0 Å². The predicted octanol–water partition coefficient (Wildman–Crippen LogP) is 1.73. The van der Waals surface area contributed by atoms with Crippen LogP contribution in [0.4, 0.5) is 0 Å². The lowest BCUT2D eigenvalue weighted by Gasteiger charge is -2.37. The second-order valence-electron chi connectivity index (χ2n) is 6.28. The van der Waals surface area contributed by atoms with E-state index in [0.29, 0.717) is 11.5 Å². The first-order chi connectivity index (χ1) is 8.15. The molecule has 0 radical (unpaired) electrons. The average molecular weight is 240 g/mol. The molecule has 1 saturated heterocycles. The van der Waals surface area contributed by atoms with Crippen molar-refractivity contribution in [2.24, 2.45) is 11.3 Å². The van der Waals surface area contributed by atoms with E-state index in [9.17, 15) is 0 Å². The Morgan fingerprint density at radius 3 is 2.76 bits per heavy atom. The first-order valence-corrected chi connectivity index (χ1v) is 7.10. The summed E-state index contributed by atoms with van der Waals surface area (Å²) in [5, 5.41) is 3.63. The zero-order valence-corrected chi connectivity index (χ0v) is 11.7. The van der Waals surface area contributed by atoms with Crippen molar-refractivity contribution in [3.05, 3.63) is 0 Å². The monoisotopic (exact) mass is 240 g/mol. The van der Waals surface area contributed by atoms with Gasteiger partial charge in [-0.15, -0.1) is 0 Å². The van der Waals surface area contributed by atoms with E-state index in [1.165, 1.54) is 38.9 Å². The molecular formula is C14H28N2O. The summed E-state index contributed by atoms with van der Waals surface area (Å²) in [4.78, 5) is 2.67. The van der Waals surface area contributed by atoms with Crippen LogP contribution in [0.1, 0.15) is 33.1 Å². The highest BCUT2D eigenvalue weighted by Gasteiger charge is 2.43. The zero-order chi connectivity index (χ0) is 12.3. The Morgan fingerprint density at radius 2 is 2.18 bits per heavy atom. The van der Waals surface area contributed by atoms with Crippen molar-refractivity contribution in [2.45, 2.75) is 39.2 Å². The topological polar surface area (TPSA) is 24.5 Å². The van der Waals surface area contributed by atoms with Crippen molar-refractivity contribution in [2.75, 3.05) is 39.9 Å². The summed E-state index contributed by atoms with van der Waals surface area (Å²) in [6.45, 7) is 10.5. The lowest BCUT2D eigenvalue weighted by Crippen LogP contribution is -2.54. The molecule has 17 heavy (non-hydrogen) atoms. The number of piperazine rings is 1. The number of methoxy groups -OCH3 is 1. The third-order valence-corrected chi connectivity index (χ3v) is 4.45. The molecule has 0 spiro atoms. The van der Waals surface area contributed by atoms with E-state index in [4.69, 9.17) is 4.74 Å². The molecule has 0 bridgehead atoms. The Labute approximate surface area is 106 Å². The van der Waals surface area contributed by atoms with E-state index in [0.717, 1.165) is 19.1 Å². The largest absolute Gasteiger partial charge is 0.385 e. The molecule has 1 saturated carbocycles. The Kier molecular flexibility index (Phi) is 4.45. The maximum absolute atomic E-state index is 5.24. The smallest absolute Gasteiger partial charge is 0.0468 e. The number of hydrogen-bond acceptors (Lipinski definition) is 3. The molecule has 0 aromatic carbocycles. The van der Waals surface area contributed by atoms with Crippen LogP contribution >= 0.6 is 0 Å². The fourth-order valence-electron chi connectivity index (χ4n) is 2.89. The summed E-state index contributed by atoms with van der Waals surface area (Å²) in [5.41, 5.74) is 0.606. The first-order valence-electron chi connectivity index (χ1n) is 7.10. The van der Waals surface area contributed by atoms with E-state index in [1.807, 2.05) is 7.11 Å². The zero-order valence-electron chi connectivity index (χ0n) is 11.7. The number of nitrogens with zero attached hydrogens (tertiary/aromatic N) is 1. The predicted molar refractivity (Wildman–Crippen MR) is 71.2 cm³/mol. The normalized spacial score (nSPS) is 28.6. The minimum Gasteiger partial charge on any atom is -0.385 e. The van der Waals surface area contributed by atoms with Crippen LogP contribution in [-0.4, -0.2) is 50.8 Å². The van der Waals surface area contributed by atoms with Crippen LogP contribution in [0.2, 0.25) is 0 Å². The molecule has 0 amide bonds. The van der Waals surface area contributed by atoms with Crippen molar-refractivity contribution >= 4 is 0 Å². The fourth-order valence-corrected chi connectivity index (χ4v) is 2.89. The third kappa shape index (κ3) is 3.67. The molecule has 1 N–H and O–H groups in total. The summed E-state index contributed by atoms with van der Waals surface area (Å²) in [7, 11) is 1.82. The van der Waals surface area contributed by atoms with E-state index in [-0.39, 0.29) is 0 Å². The maximum atomic E-state index is 5.24. The SMILES string of the molecule is COCCC1(CN2CCNC(C(C)C)C2)CC1. The van der Waals surface area contributed by atoms with Gasteiger partial charge in [0.15, 0.2) is 0 Å². The van der Waals surface area contributed by atoms with Gasteiger partial charge in [0.2, 0.25) is 0 Å². The molecule has 2 rings (SSSR count). The van der Waals surface area contributed by atoms with Gasteiger partial charge in [-0.25, -0.2) is 0 Å². The van der Waals surface area contributed by atoms with Gasteiger partial charge in [-0.2, -0.15) is 0 Å². The lowest BCUT2D eigenvalue weighted by molar-refractivity contribution is 0.120. The van der Waals surface area contributed by atoms with Crippen LogP contribution in [0.5, 0.6) is 0 Å². The van der Waals surface area contributed by atoms with Gasteiger partial charge in [0.05, 0.1) is 0 Å². The van der Waals surface area contributed by atoms with Crippen LogP contribution < -0.4 is 5.32 Å². The van der Waals surface area contributed by atoms with Crippen LogP contribution in [0.3, 0.4) is 0 Å². The average Bonchev–Trinajstić information content (AvgIpc) is 3.07. The Bertz CT molecular complexity index is 238. The molecule has 100 valence electrons. The minimum absolute atomic E-state index is 0.606. The van der Waals surface area contributed by atoms with Gasteiger partial charge < -0.3 is 10.1 Å². The molecule has 2 aliphatic rings. The second-order valence-corrected chi connectivity index (χ2v) is 6.28. The summed E-state index contributed by atoms with van der Waals surface area (Å²) in [5.74, 6) is 0.743. The number of ether oxygens (including phenoxy) is 1. The Balaban J connectivity index is 1.78. The lowest BCUT2D eigenvalue weighted by atomic mass is 9.98. The summed E-state index contributed by atoms with van der Waals surface area (Å²) >= 11 is 0. The van der Waals surface area contributed by atoms with Crippen LogP contribution in [0.25, 0.3) is 0 Å². The van der Waals surface area contributed by atoms with Crippen molar-refractivity contribution in [1.82, 2.24) is 10.2 Å². The molecular weight excluding hydrogens is 212 g/mol. The molecule has 2 fully saturated rings. The Morgan fingerprint density at radius 1 is 1.41 bits per heavy atom. The summed E-state index contributed by atoms with van der Waals surface area (Å²) in [6.07, 6.45) is 4.07. The standard InChI is InChI=1S/C14H28N2O/c1-12(2)13-10-16(8-7-15-13)11-14(4-5-14)6-9-17-3/h12-13,15H,4-11H2,1-3H3. The highest BCUT2D eigenvalue weighted by Crippen LogP contribution is 2.49. The van der Waals surface area contributed by atoms with Gasteiger partial charge in [0.25, 0.3) is 0 Å². The van der Waals surface area contributed by atoms with Crippen molar-refractivity contribution in [1.29, 1.82) is 0 Å². The van der Waals surface area contributed by atoms with Crippen molar-refractivity contribution in [3.8, 4) is 0 Å². The van der Waals surface area contributed by atoms with E-state index in [2.05, 4.69) is 24.1 Å². The maximum Gasteiger partial charge on any atom is 0.0468 e. The van der Waals surface area contributed by atoms with E-state index < -0.39 is 0 Å². The van der Waals surface area contributed by atoms with Gasteiger partial charge in [-0.1, -0.05) is 13.8 Å². The molecule has 0 aromatic heterocycles. The number of rotatable bonds is 6. The summed E-state index contributed by atoms with van der Waals surface area (Å²) in [6, 6.07) is 0.682. The molecule has 1 unspecified atom stereocenters. The second kappa shape index (κ2) is 5.68. The highest BCUT2D eigenvalue weighted by molar-refractivity contribution is 4.96. The minimum atomic E-state index is 0.606. The highest BCUT2D eigenvalue weighted by atomic mass is 16.5. The fraction of sp³-hybridized carbons (Fsp3) is 1.00. The van der Waals surface area contributed by atoms with Gasteiger partial charge in [0, 0.05) is 45.9 Å². The van der Waals surface area contributed by atoms with Crippen LogP contribution in [0, 0.1) is 11.3 Å². The molecule has 0 aromatic rings. The quantitative estimate of drug-likeness (QED) is 0.765. The molecule has 1 aliphatic heterocycles. The molecule has 1 atom stereocenters. The Hall–Kier alpha value is -0.120. The van der Waals surface area contributed by atoms with Crippen molar-refractivity contribution in [3.63, 3.8) is 0 Å². The molecule has 3 heteroatoms. The van der Waals surface area contributed by atoms with Gasteiger partial charge in [-0.3, -0.25) is 4.90 Å². The van der Waals surface area contributed by atoms with Gasteiger partial charge >= 0.3 is 0 Å². The third-order valence-electron chi connectivity index (χ3n) is 4.45. The van der Waals surface area contributed by atoms with Crippen LogP contribution in [-0.2, 0) is 4.74 Å². The molecule has 3 nitrogen and oxygen atoms in total. The van der Waals surface area contributed by atoms with E-state index >= 15 is 0 Å². The first kappa shape index (κ1) is 13.3. The van der Waals surface area contributed by atoms with Crippen LogP contribution in [0.15, 0.2) is 0 Å². The molecule has 1 aliphatic carbocycles. The summed E-state index contributed by atoms with van der Waals surface area (Å²) < 4.78 is 5.24. The number of hydrogen-bond donors (Lipinski definition) is 1. The van der Waals surface area contributed by atoms with Gasteiger partial charge in [-0.05, 0) is 30.6 Å². The van der Waals surface area contributed by atoms with Gasteiger partial charge in [0.1, 0.15) is 0 Å². The molecule has 1 heterocycles.